The number of allylic oxidation sites excluding steroid dienone is 7. The lowest BCUT2D eigenvalue weighted by Gasteiger charge is -2.25. The highest BCUT2D eigenvalue weighted by Gasteiger charge is 2.22. The zero-order valence-electron chi connectivity index (χ0n) is 25.1. The molecule has 0 radical (unpaired) electrons. The van der Waals surface area contributed by atoms with E-state index in [1.807, 2.05) is 38.7 Å². The van der Waals surface area contributed by atoms with Gasteiger partial charge in [0.05, 0.1) is 0 Å². The SMILES string of the molecule is C=N/C=C(\C(=C)C)c1ccc2c(c1)C1=C(CCC=C1)Sc1ccccc1-c1cc(C3=C(C)CCN=C3)ccc1N2.CC. The summed E-state index contributed by atoms with van der Waals surface area (Å²) in [5, 5.41) is 3.85. The molecular formula is C38H39N3S. The second-order valence-electron chi connectivity index (χ2n) is 10.5. The van der Waals surface area contributed by atoms with Gasteiger partial charge in [-0.3, -0.25) is 9.98 Å². The van der Waals surface area contributed by atoms with Crippen molar-refractivity contribution in [3.05, 3.63) is 118 Å². The smallest absolute Gasteiger partial charge is 0.0464 e. The van der Waals surface area contributed by atoms with E-state index in [4.69, 9.17) is 0 Å². The van der Waals surface area contributed by atoms with Crippen LogP contribution in [0.25, 0.3) is 27.8 Å². The van der Waals surface area contributed by atoms with Crippen LogP contribution in [0.1, 0.15) is 63.6 Å². The maximum Gasteiger partial charge on any atom is 0.0464 e. The molecule has 0 saturated carbocycles. The number of hydrogen-bond acceptors (Lipinski definition) is 4. The first-order chi connectivity index (χ1) is 20.5. The molecule has 0 atom stereocenters. The molecule has 3 nitrogen and oxygen atoms in total. The second-order valence-corrected chi connectivity index (χ2v) is 11.6. The number of dihydropyridines is 1. The minimum atomic E-state index is 0.872. The Morgan fingerprint density at radius 3 is 2.52 bits per heavy atom. The lowest BCUT2D eigenvalue weighted by Crippen LogP contribution is -2.04. The molecule has 2 aliphatic heterocycles. The van der Waals surface area contributed by atoms with Crippen molar-refractivity contribution in [1.29, 1.82) is 0 Å². The van der Waals surface area contributed by atoms with Crippen molar-refractivity contribution in [2.24, 2.45) is 9.98 Å². The molecule has 3 aromatic rings. The number of fused-ring (bicyclic) bond motifs is 5. The molecule has 0 amide bonds. The molecule has 0 bridgehead atoms. The van der Waals surface area contributed by atoms with Gasteiger partial charge in [0.2, 0.25) is 0 Å². The van der Waals surface area contributed by atoms with Gasteiger partial charge in [-0.1, -0.05) is 80.2 Å². The van der Waals surface area contributed by atoms with Crippen molar-refractivity contribution in [2.45, 2.75) is 51.9 Å². The van der Waals surface area contributed by atoms with E-state index in [9.17, 15) is 0 Å². The van der Waals surface area contributed by atoms with E-state index in [-0.39, 0.29) is 0 Å². The average molecular weight is 570 g/mol. The van der Waals surface area contributed by atoms with Gasteiger partial charge in [0.25, 0.3) is 0 Å². The van der Waals surface area contributed by atoms with E-state index in [0.717, 1.165) is 53.9 Å². The first-order valence-electron chi connectivity index (χ1n) is 14.8. The van der Waals surface area contributed by atoms with Crippen molar-refractivity contribution in [1.82, 2.24) is 0 Å². The molecular weight excluding hydrogens is 531 g/mol. The topological polar surface area (TPSA) is 36.8 Å². The highest BCUT2D eigenvalue weighted by Crippen LogP contribution is 2.48. The Balaban J connectivity index is 0.00000173. The van der Waals surface area contributed by atoms with Gasteiger partial charge in [-0.05, 0) is 108 Å². The van der Waals surface area contributed by atoms with E-state index in [1.165, 1.54) is 48.8 Å². The molecule has 0 aromatic heterocycles. The second kappa shape index (κ2) is 13.2. The van der Waals surface area contributed by atoms with Gasteiger partial charge in [0.15, 0.2) is 0 Å². The fourth-order valence-corrected chi connectivity index (χ4v) is 6.82. The zero-order valence-corrected chi connectivity index (χ0v) is 25.9. The normalized spacial score (nSPS) is 15.8. The Morgan fingerprint density at radius 1 is 0.952 bits per heavy atom. The summed E-state index contributed by atoms with van der Waals surface area (Å²) in [6.45, 7) is 17.0. The van der Waals surface area contributed by atoms with Crippen LogP contribution >= 0.6 is 11.8 Å². The van der Waals surface area contributed by atoms with Crippen LogP contribution in [0, 0.1) is 0 Å². The van der Waals surface area contributed by atoms with E-state index >= 15 is 0 Å². The molecule has 4 heteroatoms. The minimum Gasteiger partial charge on any atom is -0.355 e. The van der Waals surface area contributed by atoms with Crippen LogP contribution in [0.3, 0.4) is 0 Å². The molecule has 0 spiro atoms. The molecule has 3 aliphatic rings. The van der Waals surface area contributed by atoms with Crippen molar-refractivity contribution >= 4 is 52.8 Å². The Morgan fingerprint density at radius 2 is 1.74 bits per heavy atom. The summed E-state index contributed by atoms with van der Waals surface area (Å²) in [7, 11) is 0. The molecule has 1 N–H and O–H groups in total. The number of hydrogen-bond donors (Lipinski definition) is 1. The van der Waals surface area contributed by atoms with Gasteiger partial charge in [-0.2, -0.15) is 0 Å². The predicted octanol–water partition coefficient (Wildman–Crippen LogP) is 11.2. The van der Waals surface area contributed by atoms with Crippen LogP contribution in [0.4, 0.5) is 11.4 Å². The van der Waals surface area contributed by atoms with Crippen LogP contribution in [0.5, 0.6) is 0 Å². The molecule has 42 heavy (non-hydrogen) atoms. The maximum atomic E-state index is 4.59. The summed E-state index contributed by atoms with van der Waals surface area (Å²) in [5.74, 6) is 0. The molecule has 6 rings (SSSR count). The van der Waals surface area contributed by atoms with Crippen molar-refractivity contribution in [2.75, 3.05) is 11.9 Å². The number of nitrogens with zero attached hydrogens (tertiary/aromatic N) is 2. The van der Waals surface area contributed by atoms with Gasteiger partial charge < -0.3 is 5.32 Å². The van der Waals surface area contributed by atoms with Crippen LogP contribution in [-0.2, 0) is 0 Å². The van der Waals surface area contributed by atoms with Gasteiger partial charge in [0, 0.05) is 51.9 Å². The molecule has 0 saturated heterocycles. The number of nitrogens with one attached hydrogen (secondary N) is 1. The summed E-state index contributed by atoms with van der Waals surface area (Å²) in [4.78, 5) is 11.3. The van der Waals surface area contributed by atoms with Gasteiger partial charge in [0.1, 0.15) is 0 Å². The molecule has 212 valence electrons. The summed E-state index contributed by atoms with van der Waals surface area (Å²) >= 11 is 1.90. The molecule has 1 aliphatic carbocycles. The number of thioether (sulfide) groups is 1. The molecule has 2 heterocycles. The third kappa shape index (κ3) is 5.91. The van der Waals surface area contributed by atoms with Crippen molar-refractivity contribution < 1.29 is 0 Å². The average Bonchev–Trinajstić information content (AvgIpc) is 3.02. The van der Waals surface area contributed by atoms with Gasteiger partial charge in [-0.15, -0.1) is 0 Å². The van der Waals surface area contributed by atoms with E-state index < -0.39 is 0 Å². The lowest BCUT2D eigenvalue weighted by molar-refractivity contribution is 0.947. The van der Waals surface area contributed by atoms with Crippen LogP contribution in [0.2, 0.25) is 0 Å². The molecule has 0 unspecified atom stereocenters. The molecule has 0 fully saturated rings. The number of benzene rings is 3. The maximum absolute atomic E-state index is 4.59. The standard InChI is InChI=1S/C36H33N3S.C2H6/c1-23(2)31(21-37-4)25-13-15-33-29(19-25)27-9-5-7-11-35(27)40-36-12-8-6-10-28(36)30-20-26(14-16-34(30)39-33)32-22-38-18-17-24(32)3;1-2/h5-6,8-10,12-16,19-22,39H,1,4,7,11,17-18H2,2-3H3;1-2H3/b31-21+;. The quantitative estimate of drug-likeness (QED) is 0.251. The largest absolute Gasteiger partial charge is 0.355 e. The lowest BCUT2D eigenvalue weighted by atomic mass is 9.91. The Labute approximate surface area is 255 Å². The highest BCUT2D eigenvalue weighted by atomic mass is 32.2. The Hall–Kier alpha value is -4.15. The minimum absolute atomic E-state index is 0.872. The first-order valence-corrected chi connectivity index (χ1v) is 15.6. The number of aliphatic imine (C=N–C) groups is 2. The van der Waals surface area contributed by atoms with Crippen molar-refractivity contribution in [3.63, 3.8) is 0 Å². The fraction of sp³-hybridized carbons (Fsp3) is 0.211. The third-order valence-electron chi connectivity index (χ3n) is 7.73. The summed E-state index contributed by atoms with van der Waals surface area (Å²) in [5.41, 5.74) is 13.9. The van der Waals surface area contributed by atoms with E-state index in [2.05, 4.69) is 108 Å². The van der Waals surface area contributed by atoms with Gasteiger partial charge >= 0.3 is 0 Å². The highest BCUT2D eigenvalue weighted by molar-refractivity contribution is 8.03. The van der Waals surface area contributed by atoms with Gasteiger partial charge in [-0.25, -0.2) is 0 Å². The number of anilines is 2. The van der Waals surface area contributed by atoms with Crippen molar-refractivity contribution in [3.8, 4) is 11.1 Å². The summed E-state index contributed by atoms with van der Waals surface area (Å²) in [6.07, 6.45) is 11.5. The van der Waals surface area contributed by atoms with Crippen LogP contribution in [0.15, 0.2) is 117 Å². The number of rotatable bonds is 4. The van der Waals surface area contributed by atoms with Crippen LogP contribution < -0.4 is 5.32 Å². The predicted molar refractivity (Wildman–Crippen MR) is 187 cm³/mol. The van der Waals surface area contributed by atoms with E-state index in [0.29, 0.717) is 0 Å². The summed E-state index contributed by atoms with van der Waals surface area (Å²) in [6, 6.07) is 22.2. The zero-order chi connectivity index (χ0) is 29.6. The van der Waals surface area contributed by atoms with E-state index in [1.54, 1.807) is 6.20 Å². The Bertz CT molecular complexity index is 1700. The van der Waals surface area contributed by atoms with Crippen LogP contribution in [-0.4, -0.2) is 19.5 Å². The molecule has 3 aromatic carbocycles. The summed E-state index contributed by atoms with van der Waals surface area (Å²) < 4.78 is 0. The first kappa shape index (κ1) is 29.3. The fourth-order valence-electron chi connectivity index (χ4n) is 5.61. The monoisotopic (exact) mass is 569 g/mol. The third-order valence-corrected chi connectivity index (χ3v) is 8.98. The Kier molecular flexibility index (Phi) is 9.24.